The molecule has 3 rings (SSSR count). The Morgan fingerprint density at radius 2 is 1.71 bits per heavy atom. The Labute approximate surface area is 140 Å². The van der Waals surface area contributed by atoms with Gasteiger partial charge >= 0.3 is 0 Å². The van der Waals surface area contributed by atoms with Crippen molar-refractivity contribution in [2.45, 2.75) is 6.61 Å². The van der Waals surface area contributed by atoms with Gasteiger partial charge in [-0.05, 0) is 42.0 Å². The van der Waals surface area contributed by atoms with Crippen LogP contribution in [0.2, 0.25) is 0 Å². The number of aromatic nitrogens is 1. The molecule has 0 saturated carbocycles. The first-order valence-corrected chi connectivity index (χ1v) is 7.97. The second-order valence-corrected chi connectivity index (χ2v) is 5.69. The van der Waals surface area contributed by atoms with E-state index in [4.69, 9.17) is 4.74 Å². The number of nitrogens with zero attached hydrogens (tertiary/aromatic N) is 3. The number of carbonyl (C=O) groups is 1. The molecule has 1 fully saturated rings. The summed E-state index contributed by atoms with van der Waals surface area (Å²) < 4.78 is 18.5. The van der Waals surface area contributed by atoms with Crippen LogP contribution in [-0.2, 0) is 16.1 Å². The molecule has 1 saturated heterocycles. The highest BCUT2D eigenvalue weighted by Gasteiger charge is 2.21. The van der Waals surface area contributed by atoms with E-state index in [0.717, 1.165) is 24.3 Å². The molecule has 0 N–H and O–H groups in total. The van der Waals surface area contributed by atoms with Gasteiger partial charge in [-0.2, -0.15) is 0 Å². The van der Waals surface area contributed by atoms with Crippen molar-refractivity contribution in [3.8, 4) is 0 Å². The third-order valence-corrected chi connectivity index (χ3v) is 4.07. The topological polar surface area (TPSA) is 45.7 Å². The molecule has 1 aromatic heterocycles. The van der Waals surface area contributed by atoms with E-state index in [-0.39, 0.29) is 18.3 Å². The molecular weight excluding hydrogens is 309 g/mol. The van der Waals surface area contributed by atoms with Crippen LogP contribution in [-0.4, -0.2) is 48.6 Å². The maximum Gasteiger partial charge on any atom is 0.248 e. The lowest BCUT2D eigenvalue weighted by Crippen LogP contribution is -2.49. The summed E-state index contributed by atoms with van der Waals surface area (Å²) in [7, 11) is 0. The summed E-state index contributed by atoms with van der Waals surface area (Å²) in [6, 6.07) is 10.2. The molecule has 0 atom stereocenters. The second kappa shape index (κ2) is 7.88. The minimum atomic E-state index is -0.237. The first-order chi connectivity index (χ1) is 11.7. The SMILES string of the molecule is O=C(COCc1ccncc1)N1CCN(c2ccc(F)cc2)CC1. The van der Waals surface area contributed by atoms with Crippen LogP contribution in [0.5, 0.6) is 0 Å². The van der Waals surface area contributed by atoms with E-state index < -0.39 is 0 Å². The number of halogens is 1. The monoisotopic (exact) mass is 329 g/mol. The van der Waals surface area contributed by atoms with Gasteiger partial charge in [-0.3, -0.25) is 9.78 Å². The van der Waals surface area contributed by atoms with Gasteiger partial charge < -0.3 is 14.5 Å². The highest BCUT2D eigenvalue weighted by Crippen LogP contribution is 2.17. The molecule has 1 aliphatic heterocycles. The number of pyridine rings is 1. The Bertz CT molecular complexity index is 656. The largest absolute Gasteiger partial charge is 0.368 e. The van der Waals surface area contributed by atoms with Gasteiger partial charge in [0.25, 0.3) is 0 Å². The van der Waals surface area contributed by atoms with Crippen molar-refractivity contribution in [3.63, 3.8) is 0 Å². The molecule has 1 aromatic carbocycles. The maximum atomic E-state index is 13.0. The Hall–Kier alpha value is -2.47. The van der Waals surface area contributed by atoms with E-state index in [1.54, 1.807) is 24.5 Å². The predicted molar refractivity (Wildman–Crippen MR) is 89.1 cm³/mol. The number of hydrogen-bond acceptors (Lipinski definition) is 4. The number of anilines is 1. The smallest absolute Gasteiger partial charge is 0.248 e. The average Bonchev–Trinajstić information content (AvgIpc) is 2.63. The van der Waals surface area contributed by atoms with Crippen molar-refractivity contribution in [3.05, 3.63) is 60.2 Å². The lowest BCUT2D eigenvalue weighted by molar-refractivity contribution is -0.136. The maximum absolute atomic E-state index is 13.0. The molecule has 0 spiro atoms. The van der Waals surface area contributed by atoms with Crippen molar-refractivity contribution in [1.82, 2.24) is 9.88 Å². The summed E-state index contributed by atoms with van der Waals surface area (Å²) in [5.41, 5.74) is 1.98. The minimum Gasteiger partial charge on any atom is -0.368 e. The molecule has 24 heavy (non-hydrogen) atoms. The fourth-order valence-electron chi connectivity index (χ4n) is 2.69. The molecule has 1 aliphatic rings. The first-order valence-electron chi connectivity index (χ1n) is 7.97. The Balaban J connectivity index is 1.42. The van der Waals surface area contributed by atoms with Crippen LogP contribution in [0.4, 0.5) is 10.1 Å². The van der Waals surface area contributed by atoms with Crippen LogP contribution < -0.4 is 4.90 Å². The number of piperazine rings is 1. The van der Waals surface area contributed by atoms with Crippen LogP contribution >= 0.6 is 0 Å². The lowest BCUT2D eigenvalue weighted by Gasteiger charge is -2.36. The second-order valence-electron chi connectivity index (χ2n) is 5.69. The van der Waals surface area contributed by atoms with Gasteiger partial charge in [-0.25, -0.2) is 4.39 Å². The number of hydrogen-bond donors (Lipinski definition) is 0. The highest BCUT2D eigenvalue weighted by atomic mass is 19.1. The van der Waals surface area contributed by atoms with Gasteiger partial charge in [0.1, 0.15) is 12.4 Å². The van der Waals surface area contributed by atoms with Crippen molar-refractivity contribution >= 4 is 11.6 Å². The number of amides is 1. The Kier molecular flexibility index (Phi) is 5.38. The molecule has 2 heterocycles. The number of carbonyl (C=O) groups excluding carboxylic acids is 1. The Morgan fingerprint density at radius 3 is 2.38 bits per heavy atom. The van der Waals surface area contributed by atoms with Gasteiger partial charge in [-0.1, -0.05) is 0 Å². The standard InChI is InChI=1S/C18H20FN3O2/c19-16-1-3-17(4-2-16)21-9-11-22(12-10-21)18(23)14-24-13-15-5-7-20-8-6-15/h1-8H,9-14H2. The summed E-state index contributed by atoms with van der Waals surface area (Å²) in [5, 5.41) is 0. The van der Waals surface area contributed by atoms with Gasteiger partial charge in [0.05, 0.1) is 6.61 Å². The predicted octanol–water partition coefficient (Wildman–Crippen LogP) is 2.09. The van der Waals surface area contributed by atoms with Gasteiger partial charge in [0.2, 0.25) is 5.91 Å². The fourth-order valence-corrected chi connectivity index (χ4v) is 2.69. The van der Waals surface area contributed by atoms with E-state index in [9.17, 15) is 9.18 Å². The fraction of sp³-hybridized carbons (Fsp3) is 0.333. The zero-order chi connectivity index (χ0) is 16.8. The molecule has 0 radical (unpaired) electrons. The van der Waals surface area contributed by atoms with Crippen molar-refractivity contribution in [2.75, 3.05) is 37.7 Å². The summed E-state index contributed by atoms with van der Waals surface area (Å²) in [5.74, 6) is -0.235. The molecule has 0 aliphatic carbocycles. The third kappa shape index (κ3) is 4.29. The van der Waals surface area contributed by atoms with Crippen LogP contribution in [0.3, 0.4) is 0 Å². The van der Waals surface area contributed by atoms with Crippen molar-refractivity contribution in [2.24, 2.45) is 0 Å². The van der Waals surface area contributed by atoms with Crippen LogP contribution in [0.15, 0.2) is 48.8 Å². The third-order valence-electron chi connectivity index (χ3n) is 4.07. The molecule has 0 unspecified atom stereocenters. The summed E-state index contributed by atoms with van der Waals surface area (Å²) in [4.78, 5) is 20.1. The zero-order valence-corrected chi connectivity index (χ0v) is 13.4. The van der Waals surface area contributed by atoms with E-state index in [2.05, 4.69) is 9.88 Å². The summed E-state index contributed by atoms with van der Waals surface area (Å²) in [6.07, 6.45) is 3.41. The van der Waals surface area contributed by atoms with E-state index in [1.165, 1.54) is 12.1 Å². The van der Waals surface area contributed by atoms with Gasteiger partial charge in [0.15, 0.2) is 0 Å². The first kappa shape index (κ1) is 16.4. The number of benzene rings is 1. The normalized spacial score (nSPS) is 14.7. The van der Waals surface area contributed by atoms with Crippen molar-refractivity contribution in [1.29, 1.82) is 0 Å². The van der Waals surface area contributed by atoms with Crippen molar-refractivity contribution < 1.29 is 13.9 Å². The molecule has 6 heteroatoms. The summed E-state index contributed by atoms with van der Waals surface area (Å²) >= 11 is 0. The molecule has 0 bridgehead atoms. The van der Waals surface area contributed by atoms with Gasteiger partial charge in [0, 0.05) is 44.3 Å². The van der Waals surface area contributed by atoms with E-state index >= 15 is 0 Å². The molecule has 1 amide bonds. The molecule has 126 valence electrons. The van der Waals surface area contributed by atoms with E-state index in [1.807, 2.05) is 17.0 Å². The molecular formula is C18H20FN3O2. The number of ether oxygens (including phenoxy) is 1. The Morgan fingerprint density at radius 1 is 1.04 bits per heavy atom. The zero-order valence-electron chi connectivity index (χ0n) is 13.4. The van der Waals surface area contributed by atoms with E-state index in [0.29, 0.717) is 19.7 Å². The van der Waals surface area contributed by atoms with Gasteiger partial charge in [-0.15, -0.1) is 0 Å². The quantitative estimate of drug-likeness (QED) is 0.843. The highest BCUT2D eigenvalue weighted by molar-refractivity contribution is 5.77. The minimum absolute atomic E-state index is 0.00260. The van der Waals surface area contributed by atoms with Crippen LogP contribution in [0.1, 0.15) is 5.56 Å². The number of rotatable bonds is 5. The summed E-state index contributed by atoms with van der Waals surface area (Å²) in [6.45, 7) is 3.26. The molecule has 5 nitrogen and oxygen atoms in total. The van der Waals surface area contributed by atoms with Crippen LogP contribution in [0, 0.1) is 5.82 Å². The lowest BCUT2D eigenvalue weighted by atomic mass is 10.2. The average molecular weight is 329 g/mol. The van der Waals surface area contributed by atoms with Crippen LogP contribution in [0.25, 0.3) is 0 Å². The molecule has 2 aromatic rings.